The van der Waals surface area contributed by atoms with Crippen molar-refractivity contribution < 1.29 is 14.3 Å². The van der Waals surface area contributed by atoms with Crippen LogP contribution in [0.1, 0.15) is 41.5 Å². The Morgan fingerprint density at radius 2 is 1.72 bits per heavy atom. The van der Waals surface area contributed by atoms with Gasteiger partial charge < -0.3 is 15.4 Å². The van der Waals surface area contributed by atoms with Gasteiger partial charge in [0, 0.05) is 23.1 Å². The van der Waals surface area contributed by atoms with Crippen molar-refractivity contribution in [3.63, 3.8) is 0 Å². The molecule has 0 saturated carbocycles. The zero-order valence-electron chi connectivity index (χ0n) is 16.0. The van der Waals surface area contributed by atoms with Gasteiger partial charge >= 0.3 is 6.09 Å². The van der Waals surface area contributed by atoms with Gasteiger partial charge in [0.05, 0.1) is 5.54 Å². The Kier molecular flexibility index (Phi) is 7.80. The van der Waals surface area contributed by atoms with E-state index in [4.69, 9.17) is 4.74 Å². The summed E-state index contributed by atoms with van der Waals surface area (Å²) >= 11 is 1.66. The molecule has 0 spiro atoms. The normalized spacial score (nSPS) is 13.0. The van der Waals surface area contributed by atoms with Crippen LogP contribution in [0.2, 0.25) is 0 Å². The third-order valence-corrected chi connectivity index (χ3v) is 4.50. The van der Waals surface area contributed by atoms with Gasteiger partial charge in [-0.3, -0.25) is 4.79 Å². The number of nitrogens with one attached hydrogen (secondary N) is 2. The van der Waals surface area contributed by atoms with Gasteiger partial charge in [-0.05, 0) is 46.8 Å². The number of ether oxygens (including phenoxy) is 1. The number of amides is 2. The second-order valence-electron chi connectivity index (χ2n) is 7.75. The number of carbonyl (C=O) groups excluding carboxylic acids is 2. The van der Waals surface area contributed by atoms with Gasteiger partial charge in [-0.15, -0.1) is 11.8 Å². The zero-order chi connectivity index (χ0) is 19.1. The Bertz CT molecular complexity index is 568. The van der Waals surface area contributed by atoms with Crippen molar-refractivity contribution in [2.75, 3.05) is 12.3 Å². The Labute approximate surface area is 155 Å². The number of hydrogen-bond donors (Lipinski definition) is 2. The lowest BCUT2D eigenvalue weighted by molar-refractivity contribution is -0.125. The van der Waals surface area contributed by atoms with Crippen LogP contribution >= 0.6 is 11.8 Å². The van der Waals surface area contributed by atoms with Crippen LogP contribution in [0.5, 0.6) is 0 Å². The molecular formula is C19H30N2O3S. The van der Waals surface area contributed by atoms with E-state index in [0.717, 1.165) is 4.90 Å². The van der Waals surface area contributed by atoms with Crippen molar-refractivity contribution in [2.24, 2.45) is 5.92 Å². The quantitative estimate of drug-likeness (QED) is 0.720. The van der Waals surface area contributed by atoms with E-state index in [0.29, 0.717) is 12.3 Å². The fourth-order valence-corrected chi connectivity index (χ4v) is 2.87. The van der Waals surface area contributed by atoms with Crippen LogP contribution < -0.4 is 10.6 Å². The first kappa shape index (κ1) is 21.4. The molecule has 1 unspecified atom stereocenters. The summed E-state index contributed by atoms with van der Waals surface area (Å²) in [5, 5.41) is 5.69. The lowest BCUT2D eigenvalue weighted by Crippen LogP contribution is -2.53. The second-order valence-corrected chi connectivity index (χ2v) is 8.85. The highest BCUT2D eigenvalue weighted by Gasteiger charge is 2.25. The number of carbonyl (C=O) groups is 2. The molecule has 0 radical (unpaired) electrons. The summed E-state index contributed by atoms with van der Waals surface area (Å²) in [5.74, 6) is 0.538. The van der Waals surface area contributed by atoms with E-state index in [1.165, 1.54) is 0 Å². The Morgan fingerprint density at radius 3 is 2.28 bits per heavy atom. The first-order chi connectivity index (χ1) is 11.5. The summed E-state index contributed by atoms with van der Waals surface area (Å²) in [6.07, 6.45) is -0.484. The van der Waals surface area contributed by atoms with Crippen molar-refractivity contribution in [1.29, 1.82) is 0 Å². The average molecular weight is 367 g/mol. The topological polar surface area (TPSA) is 67.4 Å². The average Bonchev–Trinajstić information content (AvgIpc) is 2.49. The van der Waals surface area contributed by atoms with E-state index in [1.807, 2.05) is 71.9 Å². The molecule has 6 heteroatoms. The van der Waals surface area contributed by atoms with E-state index >= 15 is 0 Å². The molecule has 2 amide bonds. The van der Waals surface area contributed by atoms with Crippen LogP contribution in [0.15, 0.2) is 35.2 Å². The molecule has 0 aromatic heterocycles. The number of alkyl carbamates (subject to hydrolysis) is 1. The fourth-order valence-electron chi connectivity index (χ4n) is 1.92. The molecule has 0 heterocycles. The first-order valence-corrected chi connectivity index (χ1v) is 9.44. The SMILES string of the molecule is CC(CSc1ccccc1)C(=O)NC(C)(C)CNC(=O)OC(C)(C)C. The lowest BCUT2D eigenvalue weighted by atomic mass is 10.0. The molecule has 140 valence electrons. The highest BCUT2D eigenvalue weighted by Crippen LogP contribution is 2.20. The predicted molar refractivity (Wildman–Crippen MR) is 103 cm³/mol. The van der Waals surface area contributed by atoms with Crippen molar-refractivity contribution in [1.82, 2.24) is 10.6 Å². The zero-order valence-corrected chi connectivity index (χ0v) is 16.8. The van der Waals surface area contributed by atoms with E-state index in [9.17, 15) is 9.59 Å². The van der Waals surface area contributed by atoms with Gasteiger partial charge in [0.15, 0.2) is 0 Å². The van der Waals surface area contributed by atoms with Crippen LogP contribution in [-0.4, -0.2) is 35.4 Å². The third kappa shape index (κ3) is 9.39. The van der Waals surface area contributed by atoms with Crippen LogP contribution in [0.3, 0.4) is 0 Å². The lowest BCUT2D eigenvalue weighted by Gasteiger charge is -2.29. The van der Waals surface area contributed by atoms with Gasteiger partial charge in [0.1, 0.15) is 5.60 Å². The van der Waals surface area contributed by atoms with E-state index in [2.05, 4.69) is 10.6 Å². The molecule has 0 bridgehead atoms. The molecule has 0 aliphatic carbocycles. The summed E-state index contributed by atoms with van der Waals surface area (Å²) in [7, 11) is 0. The van der Waals surface area contributed by atoms with Crippen molar-refractivity contribution in [3.05, 3.63) is 30.3 Å². The standard InChI is InChI=1S/C19H30N2O3S/c1-14(12-25-15-10-8-7-9-11-15)16(22)21-19(5,6)13-20-17(23)24-18(2,3)4/h7-11,14H,12-13H2,1-6H3,(H,20,23)(H,21,22). The van der Waals surface area contributed by atoms with Crippen molar-refractivity contribution in [3.8, 4) is 0 Å². The Morgan fingerprint density at radius 1 is 1.12 bits per heavy atom. The van der Waals surface area contributed by atoms with Gasteiger partial charge in [0.2, 0.25) is 5.91 Å². The molecule has 0 aliphatic heterocycles. The van der Waals surface area contributed by atoms with Crippen LogP contribution in [0.4, 0.5) is 4.79 Å². The molecule has 0 fully saturated rings. The van der Waals surface area contributed by atoms with Crippen molar-refractivity contribution >= 4 is 23.8 Å². The van der Waals surface area contributed by atoms with Gasteiger partial charge in [-0.1, -0.05) is 25.1 Å². The molecule has 1 aromatic carbocycles. The molecule has 25 heavy (non-hydrogen) atoms. The summed E-state index contributed by atoms with van der Waals surface area (Å²) < 4.78 is 5.21. The van der Waals surface area contributed by atoms with Gasteiger partial charge in [0.25, 0.3) is 0 Å². The molecular weight excluding hydrogens is 336 g/mol. The maximum Gasteiger partial charge on any atom is 0.407 e. The molecule has 1 aromatic rings. The maximum absolute atomic E-state index is 12.4. The van der Waals surface area contributed by atoms with Crippen LogP contribution in [0, 0.1) is 5.92 Å². The van der Waals surface area contributed by atoms with Crippen LogP contribution in [0.25, 0.3) is 0 Å². The molecule has 1 atom stereocenters. The highest BCUT2D eigenvalue weighted by atomic mass is 32.2. The Balaban J connectivity index is 2.41. The minimum Gasteiger partial charge on any atom is -0.444 e. The van der Waals surface area contributed by atoms with E-state index in [-0.39, 0.29) is 11.8 Å². The minimum absolute atomic E-state index is 0.0283. The smallest absolute Gasteiger partial charge is 0.407 e. The van der Waals surface area contributed by atoms with Gasteiger partial charge in [-0.2, -0.15) is 0 Å². The third-order valence-electron chi connectivity index (χ3n) is 3.23. The van der Waals surface area contributed by atoms with E-state index < -0.39 is 17.2 Å². The molecule has 0 saturated heterocycles. The number of benzene rings is 1. The summed E-state index contributed by atoms with van der Waals surface area (Å²) in [4.78, 5) is 25.3. The summed E-state index contributed by atoms with van der Waals surface area (Å²) in [6, 6.07) is 10.0. The predicted octanol–water partition coefficient (Wildman–Crippen LogP) is 3.83. The first-order valence-electron chi connectivity index (χ1n) is 8.45. The number of thioether (sulfide) groups is 1. The molecule has 0 aliphatic rings. The van der Waals surface area contributed by atoms with Crippen molar-refractivity contribution in [2.45, 2.75) is 57.6 Å². The Hall–Kier alpha value is -1.69. The van der Waals surface area contributed by atoms with E-state index in [1.54, 1.807) is 11.8 Å². The largest absolute Gasteiger partial charge is 0.444 e. The van der Waals surface area contributed by atoms with Gasteiger partial charge in [-0.25, -0.2) is 4.79 Å². The number of rotatable bonds is 7. The maximum atomic E-state index is 12.4. The summed E-state index contributed by atoms with van der Waals surface area (Å²) in [5.41, 5.74) is -1.10. The molecule has 1 rings (SSSR count). The molecule has 2 N–H and O–H groups in total. The monoisotopic (exact) mass is 366 g/mol. The second kappa shape index (κ2) is 9.13. The summed E-state index contributed by atoms with van der Waals surface area (Å²) in [6.45, 7) is 11.4. The fraction of sp³-hybridized carbons (Fsp3) is 0.579. The molecule has 5 nitrogen and oxygen atoms in total. The highest BCUT2D eigenvalue weighted by molar-refractivity contribution is 7.99. The number of hydrogen-bond acceptors (Lipinski definition) is 4. The van der Waals surface area contributed by atoms with Crippen LogP contribution in [-0.2, 0) is 9.53 Å². The minimum atomic E-state index is -0.556.